The maximum absolute atomic E-state index is 12.2. The van der Waals surface area contributed by atoms with E-state index in [0.717, 1.165) is 24.2 Å². The maximum Gasteiger partial charge on any atom is 0.230 e. The van der Waals surface area contributed by atoms with Gasteiger partial charge >= 0.3 is 0 Å². The highest BCUT2D eigenvalue weighted by Crippen LogP contribution is 2.24. The van der Waals surface area contributed by atoms with Gasteiger partial charge in [0.2, 0.25) is 11.1 Å². The number of hydrogen-bond acceptors (Lipinski definition) is 4. The highest BCUT2D eigenvalue weighted by atomic mass is 32.2. The largest absolute Gasteiger partial charge is 0.352 e. The molecule has 134 valence electrons. The van der Waals surface area contributed by atoms with Crippen molar-refractivity contribution in [2.45, 2.75) is 57.1 Å². The monoisotopic (exact) mass is 358 g/mol. The van der Waals surface area contributed by atoms with E-state index in [2.05, 4.69) is 46.5 Å². The number of rotatable bonds is 6. The third-order valence-electron chi connectivity index (χ3n) is 4.89. The topological polar surface area (TPSA) is 70.7 Å². The predicted molar refractivity (Wildman–Crippen MR) is 101 cm³/mol. The summed E-state index contributed by atoms with van der Waals surface area (Å²) in [6, 6.07) is 8.62. The molecule has 0 spiro atoms. The van der Waals surface area contributed by atoms with Crippen molar-refractivity contribution in [3.63, 3.8) is 0 Å². The number of amides is 1. The van der Waals surface area contributed by atoms with Crippen molar-refractivity contribution in [2.75, 3.05) is 5.75 Å². The summed E-state index contributed by atoms with van der Waals surface area (Å²) >= 11 is 1.38. The predicted octanol–water partition coefficient (Wildman–Crippen LogP) is 3.82. The van der Waals surface area contributed by atoms with Gasteiger partial charge in [0.1, 0.15) is 0 Å². The number of H-pyrrole nitrogens is 1. The lowest BCUT2D eigenvalue weighted by Crippen LogP contribution is -2.41. The molecule has 1 heterocycles. The third-order valence-corrected chi connectivity index (χ3v) is 5.74. The summed E-state index contributed by atoms with van der Waals surface area (Å²) in [5.41, 5.74) is 2.31. The van der Waals surface area contributed by atoms with Crippen molar-refractivity contribution >= 4 is 17.7 Å². The van der Waals surface area contributed by atoms with Crippen molar-refractivity contribution < 1.29 is 4.79 Å². The molecule has 2 N–H and O–H groups in total. The second-order valence-electron chi connectivity index (χ2n) is 6.74. The first-order chi connectivity index (χ1) is 12.2. The van der Waals surface area contributed by atoms with E-state index in [-0.39, 0.29) is 5.91 Å². The fourth-order valence-corrected chi connectivity index (χ4v) is 3.86. The number of hydrogen-bond donors (Lipinski definition) is 2. The van der Waals surface area contributed by atoms with Gasteiger partial charge < -0.3 is 5.32 Å². The van der Waals surface area contributed by atoms with Crippen LogP contribution in [0.15, 0.2) is 29.4 Å². The Labute approximate surface area is 153 Å². The molecule has 1 amide bonds. The van der Waals surface area contributed by atoms with E-state index in [1.165, 1.54) is 36.6 Å². The minimum atomic E-state index is 0.0717. The van der Waals surface area contributed by atoms with Crippen LogP contribution in [0.2, 0.25) is 0 Å². The van der Waals surface area contributed by atoms with Gasteiger partial charge in [-0.15, -0.1) is 5.10 Å². The smallest absolute Gasteiger partial charge is 0.230 e. The number of aromatic amines is 1. The molecule has 2 atom stereocenters. The lowest BCUT2D eigenvalue weighted by Gasteiger charge is -2.29. The molecule has 0 bridgehead atoms. The van der Waals surface area contributed by atoms with Crippen LogP contribution < -0.4 is 5.32 Å². The van der Waals surface area contributed by atoms with Gasteiger partial charge in [-0.1, -0.05) is 62.7 Å². The van der Waals surface area contributed by atoms with Gasteiger partial charge in [0.15, 0.2) is 5.82 Å². The van der Waals surface area contributed by atoms with E-state index in [9.17, 15) is 4.79 Å². The summed E-state index contributed by atoms with van der Waals surface area (Å²) in [5.74, 6) is 1.74. The molecule has 2 aromatic rings. The molecule has 1 fully saturated rings. The Hall–Kier alpha value is -1.82. The molecule has 0 unspecified atom stereocenters. The van der Waals surface area contributed by atoms with Gasteiger partial charge in [-0.25, -0.2) is 4.98 Å². The molecular weight excluding hydrogens is 332 g/mol. The van der Waals surface area contributed by atoms with Crippen molar-refractivity contribution in [3.8, 4) is 11.4 Å². The number of nitrogens with one attached hydrogen (secondary N) is 2. The summed E-state index contributed by atoms with van der Waals surface area (Å²) in [6.45, 7) is 4.36. The van der Waals surface area contributed by atoms with Crippen LogP contribution in [0.25, 0.3) is 11.4 Å². The highest BCUT2D eigenvalue weighted by Gasteiger charge is 2.22. The molecule has 1 aromatic carbocycles. The first kappa shape index (κ1) is 18.0. The fraction of sp³-hybridized carbons (Fsp3) is 0.526. The SMILES string of the molecule is CCc1ccc(-c2nc(SCC(=O)N[C@@H]3CCCC[C@@H]3C)n[nH]2)cc1. The Morgan fingerprint density at radius 2 is 2.04 bits per heavy atom. The minimum absolute atomic E-state index is 0.0717. The number of carbonyl (C=O) groups excluding carboxylic acids is 1. The molecule has 3 rings (SSSR count). The first-order valence-electron chi connectivity index (χ1n) is 9.09. The molecule has 0 aliphatic heterocycles. The standard InChI is InChI=1S/C19H26N4OS/c1-3-14-8-10-15(11-9-14)18-21-19(23-22-18)25-12-17(24)20-16-7-5-4-6-13(16)2/h8-11,13,16H,3-7,12H2,1-2H3,(H,20,24)(H,21,22,23)/t13-,16+/m0/s1. The Kier molecular flexibility index (Phi) is 6.13. The van der Waals surface area contributed by atoms with Crippen LogP contribution in [-0.2, 0) is 11.2 Å². The Balaban J connectivity index is 1.51. The van der Waals surface area contributed by atoms with Crippen LogP contribution in [0.1, 0.15) is 45.1 Å². The van der Waals surface area contributed by atoms with Crippen LogP contribution in [0.3, 0.4) is 0 Å². The molecular formula is C19H26N4OS. The number of thioether (sulfide) groups is 1. The van der Waals surface area contributed by atoms with Gasteiger partial charge in [-0.05, 0) is 30.7 Å². The van der Waals surface area contributed by atoms with Crippen LogP contribution >= 0.6 is 11.8 Å². The number of benzene rings is 1. The van der Waals surface area contributed by atoms with Gasteiger partial charge in [-0.2, -0.15) is 0 Å². The quantitative estimate of drug-likeness (QED) is 0.770. The van der Waals surface area contributed by atoms with Crippen LogP contribution in [0.4, 0.5) is 0 Å². The van der Waals surface area contributed by atoms with Gasteiger partial charge in [0.25, 0.3) is 0 Å². The summed E-state index contributed by atoms with van der Waals surface area (Å²) in [4.78, 5) is 16.7. The zero-order chi connectivity index (χ0) is 17.6. The number of aromatic nitrogens is 3. The third kappa shape index (κ3) is 4.84. The lowest BCUT2D eigenvalue weighted by molar-refractivity contribution is -0.119. The van der Waals surface area contributed by atoms with Crippen molar-refractivity contribution in [2.24, 2.45) is 5.92 Å². The van der Waals surface area contributed by atoms with E-state index >= 15 is 0 Å². The summed E-state index contributed by atoms with van der Waals surface area (Å²) in [7, 11) is 0. The average Bonchev–Trinajstić information content (AvgIpc) is 3.11. The van der Waals surface area contributed by atoms with E-state index < -0.39 is 0 Å². The Morgan fingerprint density at radius 1 is 1.28 bits per heavy atom. The normalized spacial score (nSPS) is 20.4. The Morgan fingerprint density at radius 3 is 2.76 bits per heavy atom. The zero-order valence-electron chi connectivity index (χ0n) is 14.9. The molecule has 1 aliphatic carbocycles. The lowest BCUT2D eigenvalue weighted by atomic mass is 9.86. The van der Waals surface area contributed by atoms with Gasteiger partial charge in [0, 0.05) is 11.6 Å². The molecule has 6 heteroatoms. The molecule has 25 heavy (non-hydrogen) atoms. The second kappa shape index (κ2) is 8.52. The number of carbonyl (C=O) groups is 1. The molecule has 0 radical (unpaired) electrons. The number of aryl methyl sites for hydroxylation is 1. The summed E-state index contributed by atoms with van der Waals surface area (Å²) in [6.07, 6.45) is 5.81. The Bertz CT molecular complexity index is 698. The van der Waals surface area contributed by atoms with Crippen LogP contribution in [0, 0.1) is 5.92 Å². The first-order valence-corrected chi connectivity index (χ1v) is 10.1. The van der Waals surface area contributed by atoms with E-state index in [1.54, 1.807) is 0 Å². The zero-order valence-corrected chi connectivity index (χ0v) is 15.7. The molecule has 1 aliphatic rings. The molecule has 5 nitrogen and oxygen atoms in total. The van der Waals surface area contributed by atoms with Crippen molar-refractivity contribution in [1.82, 2.24) is 20.5 Å². The number of nitrogens with zero attached hydrogens (tertiary/aromatic N) is 2. The van der Waals surface area contributed by atoms with E-state index in [1.807, 2.05) is 12.1 Å². The van der Waals surface area contributed by atoms with Crippen LogP contribution in [-0.4, -0.2) is 32.9 Å². The summed E-state index contributed by atoms with van der Waals surface area (Å²) < 4.78 is 0. The fourth-order valence-electron chi connectivity index (χ4n) is 3.25. The van der Waals surface area contributed by atoms with Crippen molar-refractivity contribution in [1.29, 1.82) is 0 Å². The van der Waals surface area contributed by atoms with E-state index in [0.29, 0.717) is 22.9 Å². The van der Waals surface area contributed by atoms with Crippen molar-refractivity contribution in [3.05, 3.63) is 29.8 Å². The average molecular weight is 359 g/mol. The molecule has 0 saturated heterocycles. The molecule has 1 saturated carbocycles. The van der Waals surface area contributed by atoms with Crippen LogP contribution in [0.5, 0.6) is 0 Å². The minimum Gasteiger partial charge on any atom is -0.352 e. The highest BCUT2D eigenvalue weighted by molar-refractivity contribution is 7.99. The summed E-state index contributed by atoms with van der Waals surface area (Å²) in [5, 5.41) is 11.0. The molecule has 1 aromatic heterocycles. The van der Waals surface area contributed by atoms with E-state index in [4.69, 9.17) is 0 Å². The van der Waals surface area contributed by atoms with Gasteiger partial charge in [0.05, 0.1) is 5.75 Å². The van der Waals surface area contributed by atoms with Gasteiger partial charge in [-0.3, -0.25) is 9.89 Å². The second-order valence-corrected chi connectivity index (χ2v) is 7.68. The maximum atomic E-state index is 12.2.